The fraction of sp³-hybridized carbons (Fsp3) is 0.333. The van der Waals surface area contributed by atoms with Crippen LogP contribution in [-0.2, 0) is 16.1 Å². The van der Waals surface area contributed by atoms with Gasteiger partial charge in [0.15, 0.2) is 0 Å². The third-order valence-corrected chi connectivity index (χ3v) is 5.12. The molecule has 1 heterocycles. The lowest BCUT2D eigenvalue weighted by Gasteiger charge is -2.38. The highest BCUT2D eigenvalue weighted by Gasteiger charge is 2.38. The number of hydrogen-bond donors (Lipinski definition) is 1. The summed E-state index contributed by atoms with van der Waals surface area (Å²) in [6.45, 7) is 2.46. The van der Waals surface area contributed by atoms with Crippen molar-refractivity contribution in [2.24, 2.45) is 5.92 Å². The van der Waals surface area contributed by atoms with E-state index < -0.39 is 0 Å². The van der Waals surface area contributed by atoms with Crippen LogP contribution in [0.2, 0.25) is 0 Å². The summed E-state index contributed by atoms with van der Waals surface area (Å²) in [4.78, 5) is 26.6. The van der Waals surface area contributed by atoms with Crippen LogP contribution in [0.15, 0.2) is 48.5 Å². The number of rotatable bonds is 4. The van der Waals surface area contributed by atoms with Gasteiger partial charge in [0.05, 0.1) is 12.0 Å². The van der Waals surface area contributed by atoms with E-state index in [0.29, 0.717) is 19.4 Å². The Morgan fingerprint density at radius 3 is 2.58 bits per heavy atom. The molecule has 0 spiro atoms. The van der Waals surface area contributed by atoms with Crippen molar-refractivity contribution in [2.45, 2.75) is 32.4 Å². The minimum absolute atomic E-state index is 0.00211. The third kappa shape index (κ3) is 3.77. The number of carbonyl (C=O) groups is 2. The van der Waals surface area contributed by atoms with E-state index in [1.807, 2.05) is 31.2 Å². The largest absolute Gasteiger partial charge is 0.352 e. The lowest BCUT2D eigenvalue weighted by molar-refractivity contribution is -0.141. The summed E-state index contributed by atoms with van der Waals surface area (Å²) < 4.78 is 13.3. The molecule has 2 aromatic rings. The lowest BCUT2D eigenvalue weighted by atomic mass is 9.84. The van der Waals surface area contributed by atoms with Gasteiger partial charge >= 0.3 is 0 Å². The minimum Gasteiger partial charge on any atom is -0.352 e. The molecule has 1 saturated heterocycles. The average Bonchev–Trinajstić information content (AvgIpc) is 2.64. The van der Waals surface area contributed by atoms with E-state index in [4.69, 9.17) is 0 Å². The molecule has 3 rings (SSSR count). The number of likely N-dealkylation sites (tertiary alicyclic amines) is 1. The molecule has 0 radical (unpaired) electrons. The second kappa shape index (κ2) is 7.68. The molecule has 4 nitrogen and oxygen atoms in total. The molecule has 136 valence electrons. The zero-order valence-corrected chi connectivity index (χ0v) is 15.0. The Morgan fingerprint density at radius 1 is 1.19 bits per heavy atom. The fourth-order valence-electron chi connectivity index (χ4n) is 3.55. The maximum absolute atomic E-state index is 13.3. The molecular formula is C21H23FN2O2. The van der Waals surface area contributed by atoms with Crippen molar-refractivity contribution < 1.29 is 14.0 Å². The molecule has 1 aliphatic heterocycles. The number of amides is 2. The Kier molecular flexibility index (Phi) is 5.35. The van der Waals surface area contributed by atoms with Crippen molar-refractivity contribution in [3.63, 3.8) is 0 Å². The van der Waals surface area contributed by atoms with Gasteiger partial charge in [0, 0.05) is 20.0 Å². The van der Waals surface area contributed by atoms with Gasteiger partial charge in [-0.25, -0.2) is 4.39 Å². The first kappa shape index (κ1) is 18.1. The molecule has 0 aromatic heterocycles. The van der Waals surface area contributed by atoms with Crippen LogP contribution in [0.25, 0.3) is 0 Å². The number of hydrogen-bond acceptors (Lipinski definition) is 2. The van der Waals surface area contributed by atoms with E-state index in [1.54, 1.807) is 24.1 Å². The van der Waals surface area contributed by atoms with Crippen LogP contribution in [-0.4, -0.2) is 23.8 Å². The Labute approximate surface area is 153 Å². The predicted octanol–water partition coefficient (Wildman–Crippen LogP) is 3.36. The molecule has 0 unspecified atom stereocenters. The van der Waals surface area contributed by atoms with Crippen molar-refractivity contribution in [3.8, 4) is 0 Å². The predicted molar refractivity (Wildman–Crippen MR) is 97.7 cm³/mol. The zero-order valence-electron chi connectivity index (χ0n) is 15.0. The zero-order chi connectivity index (χ0) is 18.7. The van der Waals surface area contributed by atoms with Gasteiger partial charge in [0.2, 0.25) is 11.8 Å². The second-order valence-corrected chi connectivity index (χ2v) is 6.79. The summed E-state index contributed by atoms with van der Waals surface area (Å²) in [7, 11) is 1.71. The number of nitrogens with one attached hydrogen (secondary N) is 1. The first-order valence-electron chi connectivity index (χ1n) is 8.80. The van der Waals surface area contributed by atoms with E-state index in [1.165, 1.54) is 12.1 Å². The van der Waals surface area contributed by atoms with Crippen LogP contribution in [0, 0.1) is 18.7 Å². The van der Waals surface area contributed by atoms with Crippen LogP contribution in [0.3, 0.4) is 0 Å². The maximum Gasteiger partial charge on any atom is 0.225 e. The Hall–Kier alpha value is -2.69. The number of aryl methyl sites for hydroxylation is 1. The molecule has 1 aliphatic rings. The smallest absolute Gasteiger partial charge is 0.225 e. The molecule has 1 fully saturated rings. The van der Waals surface area contributed by atoms with Gasteiger partial charge in [-0.2, -0.15) is 0 Å². The molecule has 2 aromatic carbocycles. The van der Waals surface area contributed by atoms with Crippen molar-refractivity contribution in [1.29, 1.82) is 0 Å². The van der Waals surface area contributed by atoms with Crippen LogP contribution in [0.1, 0.15) is 35.6 Å². The van der Waals surface area contributed by atoms with Crippen LogP contribution >= 0.6 is 0 Å². The molecule has 1 N–H and O–H groups in total. The average molecular weight is 354 g/mol. The molecule has 0 aliphatic carbocycles. The van der Waals surface area contributed by atoms with Gasteiger partial charge in [0.1, 0.15) is 5.82 Å². The summed E-state index contributed by atoms with van der Waals surface area (Å²) in [5, 5.41) is 3.01. The molecule has 2 atom stereocenters. The second-order valence-electron chi connectivity index (χ2n) is 6.79. The topological polar surface area (TPSA) is 49.4 Å². The van der Waals surface area contributed by atoms with E-state index >= 15 is 0 Å². The maximum atomic E-state index is 13.3. The van der Waals surface area contributed by atoms with Gasteiger partial charge in [-0.1, -0.05) is 36.4 Å². The first-order chi connectivity index (χ1) is 12.5. The number of benzene rings is 2. The van der Waals surface area contributed by atoms with Crippen molar-refractivity contribution in [3.05, 3.63) is 71.0 Å². The summed E-state index contributed by atoms with van der Waals surface area (Å²) in [5.74, 6) is -0.768. The highest BCUT2D eigenvalue weighted by atomic mass is 19.1. The molecule has 0 saturated carbocycles. The molecule has 2 amide bonds. The molecule has 26 heavy (non-hydrogen) atoms. The minimum atomic E-state index is -0.381. The lowest BCUT2D eigenvalue weighted by Crippen LogP contribution is -2.46. The van der Waals surface area contributed by atoms with E-state index in [0.717, 1.165) is 16.7 Å². The monoisotopic (exact) mass is 354 g/mol. The Bertz CT molecular complexity index is 804. The third-order valence-electron chi connectivity index (χ3n) is 5.12. The first-order valence-corrected chi connectivity index (χ1v) is 8.80. The van der Waals surface area contributed by atoms with E-state index in [2.05, 4.69) is 5.32 Å². The van der Waals surface area contributed by atoms with Crippen LogP contribution in [0.5, 0.6) is 0 Å². The summed E-state index contributed by atoms with van der Waals surface area (Å²) in [6, 6.07) is 13.6. The van der Waals surface area contributed by atoms with Gasteiger partial charge in [-0.05, 0) is 42.2 Å². The molecular weight excluding hydrogens is 331 g/mol. The Balaban J connectivity index is 1.79. The quantitative estimate of drug-likeness (QED) is 0.915. The fourth-order valence-corrected chi connectivity index (χ4v) is 3.55. The van der Waals surface area contributed by atoms with Crippen molar-refractivity contribution in [1.82, 2.24) is 10.2 Å². The van der Waals surface area contributed by atoms with Crippen LogP contribution in [0.4, 0.5) is 4.39 Å². The highest BCUT2D eigenvalue weighted by Crippen LogP contribution is 2.36. The summed E-state index contributed by atoms with van der Waals surface area (Å²) >= 11 is 0. The van der Waals surface area contributed by atoms with Gasteiger partial charge in [-0.3, -0.25) is 9.59 Å². The van der Waals surface area contributed by atoms with Gasteiger partial charge in [-0.15, -0.1) is 0 Å². The van der Waals surface area contributed by atoms with Crippen LogP contribution < -0.4 is 5.32 Å². The SMILES string of the molecule is Cc1ccccc1CNC(=O)[C@H]1CCC(=O)N(C)[C@@H]1c1ccc(F)cc1. The summed E-state index contributed by atoms with van der Waals surface area (Å²) in [5.41, 5.74) is 2.97. The summed E-state index contributed by atoms with van der Waals surface area (Å²) in [6.07, 6.45) is 0.835. The molecule has 5 heteroatoms. The Morgan fingerprint density at radius 2 is 1.88 bits per heavy atom. The van der Waals surface area contributed by atoms with E-state index in [-0.39, 0.29) is 29.6 Å². The van der Waals surface area contributed by atoms with Gasteiger partial charge < -0.3 is 10.2 Å². The standard InChI is InChI=1S/C21H23FN2O2/c1-14-5-3-4-6-16(14)13-23-21(26)18-11-12-19(25)24(2)20(18)15-7-9-17(22)10-8-15/h3-10,18,20H,11-13H2,1-2H3,(H,23,26)/t18-,20+/m0/s1. The van der Waals surface area contributed by atoms with Gasteiger partial charge in [0.25, 0.3) is 0 Å². The number of carbonyl (C=O) groups excluding carboxylic acids is 2. The highest BCUT2D eigenvalue weighted by molar-refractivity contribution is 5.84. The number of halogens is 1. The molecule has 0 bridgehead atoms. The van der Waals surface area contributed by atoms with Crippen molar-refractivity contribution >= 4 is 11.8 Å². The van der Waals surface area contributed by atoms with E-state index in [9.17, 15) is 14.0 Å². The number of piperidine rings is 1. The normalized spacial score (nSPS) is 20.1. The van der Waals surface area contributed by atoms with Crippen molar-refractivity contribution in [2.75, 3.05) is 7.05 Å². The number of nitrogens with zero attached hydrogens (tertiary/aromatic N) is 1.